The summed E-state index contributed by atoms with van der Waals surface area (Å²) in [5.41, 5.74) is 0.269. The van der Waals surface area contributed by atoms with Crippen molar-refractivity contribution in [1.82, 2.24) is 4.90 Å². The van der Waals surface area contributed by atoms with Gasteiger partial charge in [0, 0.05) is 12.6 Å². The largest absolute Gasteiger partial charge is 0.482 e. The molecule has 1 amide bonds. The van der Waals surface area contributed by atoms with E-state index in [1.54, 1.807) is 17.0 Å². The van der Waals surface area contributed by atoms with Crippen molar-refractivity contribution in [2.45, 2.75) is 52.2 Å². The van der Waals surface area contributed by atoms with E-state index < -0.39 is 10.5 Å². The van der Waals surface area contributed by atoms with E-state index in [1.165, 1.54) is 6.07 Å². The number of nitro benzene ring substituents is 1. The normalized spacial score (nSPS) is 18.2. The van der Waals surface area contributed by atoms with E-state index >= 15 is 0 Å². The highest BCUT2D eigenvalue weighted by Crippen LogP contribution is 2.30. The molecular formula is C17H24N2O5. The average Bonchev–Trinajstić information content (AvgIpc) is 2.45. The lowest BCUT2D eigenvalue weighted by Crippen LogP contribution is -2.46. The third-order valence-corrected chi connectivity index (χ3v) is 3.64. The van der Waals surface area contributed by atoms with Crippen LogP contribution in [0.2, 0.25) is 0 Å². The van der Waals surface area contributed by atoms with Gasteiger partial charge >= 0.3 is 11.8 Å². The van der Waals surface area contributed by atoms with Crippen LogP contribution in [0.25, 0.3) is 0 Å². The molecule has 132 valence electrons. The quantitative estimate of drug-likeness (QED) is 0.621. The molecule has 7 heteroatoms. The molecule has 0 N–H and O–H groups in total. The average molecular weight is 336 g/mol. The zero-order chi connectivity index (χ0) is 17.9. The van der Waals surface area contributed by atoms with Crippen molar-refractivity contribution < 1.29 is 19.2 Å². The molecule has 1 saturated heterocycles. The fourth-order valence-electron chi connectivity index (χ4n) is 2.57. The summed E-state index contributed by atoms with van der Waals surface area (Å²) in [4.78, 5) is 24.5. The van der Waals surface area contributed by atoms with Crippen LogP contribution >= 0.6 is 0 Å². The van der Waals surface area contributed by atoms with Crippen LogP contribution < -0.4 is 4.74 Å². The van der Waals surface area contributed by atoms with Crippen molar-refractivity contribution in [3.63, 3.8) is 0 Å². The Morgan fingerprint density at radius 2 is 2.08 bits per heavy atom. The molecule has 1 aliphatic heterocycles. The molecule has 0 spiro atoms. The summed E-state index contributed by atoms with van der Waals surface area (Å²) in [5.74, 6) is 0.246. The van der Waals surface area contributed by atoms with E-state index in [0.717, 1.165) is 18.4 Å². The van der Waals surface area contributed by atoms with Gasteiger partial charge in [-0.05, 0) is 52.2 Å². The second kappa shape index (κ2) is 7.07. The molecule has 0 bridgehead atoms. The van der Waals surface area contributed by atoms with Gasteiger partial charge in [-0.2, -0.15) is 0 Å². The summed E-state index contributed by atoms with van der Waals surface area (Å²) in [6.45, 7) is 8.27. The molecule has 0 saturated carbocycles. The van der Waals surface area contributed by atoms with Crippen LogP contribution in [0.15, 0.2) is 18.2 Å². The Morgan fingerprint density at radius 3 is 2.71 bits per heavy atom. The number of piperidine rings is 1. The molecule has 7 nitrogen and oxygen atoms in total. The summed E-state index contributed by atoms with van der Waals surface area (Å²) >= 11 is 0. The highest BCUT2D eigenvalue weighted by atomic mass is 16.6. The summed E-state index contributed by atoms with van der Waals surface area (Å²) in [6, 6.07) is 4.78. The highest BCUT2D eigenvalue weighted by Gasteiger charge is 2.29. The topological polar surface area (TPSA) is 81.9 Å². The van der Waals surface area contributed by atoms with Crippen molar-refractivity contribution >= 4 is 11.8 Å². The number of carbonyl (C=O) groups is 1. The second-order valence-corrected chi connectivity index (χ2v) is 7.04. The molecule has 1 heterocycles. The maximum absolute atomic E-state index is 12.2. The van der Waals surface area contributed by atoms with E-state index in [0.29, 0.717) is 13.1 Å². The van der Waals surface area contributed by atoms with Crippen LogP contribution in [-0.4, -0.2) is 40.7 Å². The van der Waals surface area contributed by atoms with Gasteiger partial charge in [0.05, 0.1) is 11.5 Å². The number of nitrogens with zero attached hydrogens (tertiary/aromatic N) is 2. The predicted molar refractivity (Wildman–Crippen MR) is 89.3 cm³/mol. The van der Waals surface area contributed by atoms with Crippen molar-refractivity contribution in [1.29, 1.82) is 0 Å². The first-order chi connectivity index (χ1) is 11.2. The first-order valence-corrected chi connectivity index (χ1v) is 8.05. The number of hydrogen-bond donors (Lipinski definition) is 0. The van der Waals surface area contributed by atoms with Crippen molar-refractivity contribution in [3.8, 4) is 5.75 Å². The minimum absolute atomic E-state index is 0.0602. The first-order valence-electron chi connectivity index (χ1n) is 8.05. The zero-order valence-electron chi connectivity index (χ0n) is 14.6. The molecule has 1 aliphatic rings. The first kappa shape index (κ1) is 18.0. The lowest BCUT2D eigenvalue weighted by Gasteiger charge is -2.34. The minimum Gasteiger partial charge on any atom is -0.482 e. The van der Waals surface area contributed by atoms with Crippen LogP contribution in [0.3, 0.4) is 0 Å². The maximum atomic E-state index is 12.2. The van der Waals surface area contributed by atoms with E-state index in [1.807, 2.05) is 27.7 Å². The van der Waals surface area contributed by atoms with Gasteiger partial charge in [0.1, 0.15) is 11.7 Å². The highest BCUT2D eigenvalue weighted by molar-refractivity contribution is 5.68. The summed E-state index contributed by atoms with van der Waals surface area (Å²) in [5, 5.41) is 11.1. The molecule has 2 rings (SSSR count). The van der Waals surface area contributed by atoms with Gasteiger partial charge in [-0.3, -0.25) is 10.1 Å². The Hall–Kier alpha value is -2.31. The van der Waals surface area contributed by atoms with Gasteiger partial charge < -0.3 is 14.4 Å². The Balaban J connectivity index is 2.07. The van der Waals surface area contributed by atoms with Crippen molar-refractivity contribution in [2.75, 3.05) is 13.1 Å². The predicted octanol–water partition coefficient (Wildman–Crippen LogP) is 3.68. The van der Waals surface area contributed by atoms with Crippen LogP contribution in [0.5, 0.6) is 5.75 Å². The molecule has 0 aliphatic carbocycles. The van der Waals surface area contributed by atoms with Crippen LogP contribution in [0.4, 0.5) is 10.5 Å². The molecule has 24 heavy (non-hydrogen) atoms. The molecule has 1 aromatic rings. The maximum Gasteiger partial charge on any atom is 0.410 e. The van der Waals surface area contributed by atoms with Gasteiger partial charge in [0.25, 0.3) is 0 Å². The Kier molecular flexibility index (Phi) is 5.31. The van der Waals surface area contributed by atoms with E-state index in [4.69, 9.17) is 9.47 Å². The van der Waals surface area contributed by atoms with Gasteiger partial charge in [-0.25, -0.2) is 4.79 Å². The Morgan fingerprint density at radius 1 is 1.38 bits per heavy atom. The second-order valence-electron chi connectivity index (χ2n) is 7.04. The lowest BCUT2D eigenvalue weighted by atomic mass is 10.1. The van der Waals surface area contributed by atoms with E-state index in [9.17, 15) is 14.9 Å². The third-order valence-electron chi connectivity index (χ3n) is 3.64. The molecule has 1 aromatic carbocycles. The smallest absolute Gasteiger partial charge is 0.410 e. The summed E-state index contributed by atoms with van der Waals surface area (Å²) < 4.78 is 11.2. The molecule has 1 atom stereocenters. The fourth-order valence-corrected chi connectivity index (χ4v) is 2.57. The summed E-state index contributed by atoms with van der Waals surface area (Å²) in [7, 11) is 0. The number of likely N-dealkylation sites (tertiary alicyclic amines) is 1. The van der Waals surface area contributed by atoms with Crippen molar-refractivity contribution in [3.05, 3.63) is 33.9 Å². The molecular weight excluding hydrogens is 312 g/mol. The van der Waals surface area contributed by atoms with Gasteiger partial charge in [-0.1, -0.05) is 6.07 Å². The van der Waals surface area contributed by atoms with Crippen LogP contribution in [-0.2, 0) is 4.74 Å². The molecule has 0 aromatic heterocycles. The van der Waals surface area contributed by atoms with Crippen LogP contribution in [0.1, 0.15) is 39.2 Å². The molecule has 0 radical (unpaired) electrons. The van der Waals surface area contributed by atoms with E-state index in [-0.39, 0.29) is 23.6 Å². The fraction of sp³-hybridized carbons (Fsp3) is 0.588. The third kappa shape index (κ3) is 4.84. The lowest BCUT2D eigenvalue weighted by molar-refractivity contribution is -0.386. The number of rotatable bonds is 3. The molecule has 1 fully saturated rings. The molecule has 1 unspecified atom stereocenters. The number of ether oxygens (including phenoxy) is 2. The number of aryl methyl sites for hydroxylation is 1. The Labute approximate surface area is 141 Å². The van der Waals surface area contributed by atoms with Gasteiger partial charge in [0.2, 0.25) is 0 Å². The number of amides is 1. The SMILES string of the molecule is Cc1ccc([N+](=O)[O-])c(OC2CCCN(C(=O)OC(C)(C)C)C2)c1. The Bertz CT molecular complexity index is 624. The van der Waals surface area contributed by atoms with E-state index in [2.05, 4.69) is 0 Å². The monoisotopic (exact) mass is 336 g/mol. The van der Waals surface area contributed by atoms with Crippen molar-refractivity contribution in [2.24, 2.45) is 0 Å². The number of nitro groups is 1. The van der Waals surface area contributed by atoms with Crippen LogP contribution in [0, 0.1) is 17.0 Å². The standard InChI is InChI=1S/C17H24N2O5/c1-12-7-8-14(19(21)22)15(10-12)23-13-6-5-9-18(11-13)16(20)24-17(2,3)4/h7-8,10,13H,5-6,9,11H2,1-4H3. The zero-order valence-corrected chi connectivity index (χ0v) is 14.6. The number of carbonyl (C=O) groups excluding carboxylic acids is 1. The number of hydrogen-bond acceptors (Lipinski definition) is 5. The van der Waals surface area contributed by atoms with Gasteiger partial charge in [0.15, 0.2) is 5.75 Å². The summed E-state index contributed by atoms with van der Waals surface area (Å²) in [6.07, 6.45) is 0.842. The minimum atomic E-state index is -0.555. The van der Waals surface area contributed by atoms with Gasteiger partial charge in [-0.15, -0.1) is 0 Å². The number of benzene rings is 1.